The number of anilines is 1. The lowest BCUT2D eigenvalue weighted by atomic mass is 9.94. The van der Waals surface area contributed by atoms with E-state index in [1.54, 1.807) is 18.5 Å². The highest BCUT2D eigenvalue weighted by molar-refractivity contribution is 5.80. The number of amides is 2. The minimum absolute atomic E-state index is 0.0644. The van der Waals surface area contributed by atoms with Crippen molar-refractivity contribution in [3.8, 4) is 0 Å². The van der Waals surface area contributed by atoms with E-state index in [2.05, 4.69) is 32.3 Å². The summed E-state index contributed by atoms with van der Waals surface area (Å²) in [5.74, 6) is 0.943. The third-order valence-corrected chi connectivity index (χ3v) is 4.75. The fourth-order valence-corrected chi connectivity index (χ4v) is 3.24. The summed E-state index contributed by atoms with van der Waals surface area (Å²) in [6.07, 6.45) is 10.7. The Bertz CT molecular complexity index is 611. The standard InChI is InChI=1S/C18H25N5O2/c24-16(7-10-19-17(25)15-5-2-1-3-6-15)22-11-13-23(14-12-22)18-20-8-4-9-21-18/h1-2,4,8-9,15H,3,5-7,10-14H2,(H,19,25). The number of aromatic nitrogens is 2. The van der Waals surface area contributed by atoms with Gasteiger partial charge in [-0.25, -0.2) is 9.97 Å². The van der Waals surface area contributed by atoms with Crippen molar-refractivity contribution in [1.82, 2.24) is 20.2 Å². The van der Waals surface area contributed by atoms with Gasteiger partial charge in [0.05, 0.1) is 0 Å². The number of hydrogen-bond donors (Lipinski definition) is 1. The summed E-state index contributed by atoms with van der Waals surface area (Å²) in [6.45, 7) is 3.21. The molecule has 1 atom stereocenters. The van der Waals surface area contributed by atoms with E-state index in [1.165, 1.54) is 0 Å². The van der Waals surface area contributed by atoms with Crippen molar-refractivity contribution in [2.24, 2.45) is 5.92 Å². The van der Waals surface area contributed by atoms with Gasteiger partial charge in [0.2, 0.25) is 17.8 Å². The topological polar surface area (TPSA) is 78.4 Å². The van der Waals surface area contributed by atoms with Gasteiger partial charge in [0, 0.05) is 57.5 Å². The van der Waals surface area contributed by atoms with Crippen molar-refractivity contribution in [2.45, 2.75) is 25.7 Å². The molecule has 0 saturated carbocycles. The van der Waals surface area contributed by atoms with Crippen LogP contribution in [0.1, 0.15) is 25.7 Å². The van der Waals surface area contributed by atoms with E-state index in [0.29, 0.717) is 32.0 Å². The zero-order valence-corrected chi connectivity index (χ0v) is 14.4. The first-order valence-electron chi connectivity index (χ1n) is 8.96. The first-order valence-corrected chi connectivity index (χ1v) is 8.96. The molecule has 1 aliphatic heterocycles. The van der Waals surface area contributed by atoms with Gasteiger partial charge in [-0.2, -0.15) is 0 Å². The van der Waals surface area contributed by atoms with Crippen LogP contribution in [0.4, 0.5) is 5.95 Å². The Morgan fingerprint density at radius 2 is 1.88 bits per heavy atom. The minimum atomic E-state index is 0.0644. The average Bonchev–Trinajstić information content (AvgIpc) is 2.69. The number of allylic oxidation sites excluding steroid dienone is 2. The Balaban J connectivity index is 1.36. The van der Waals surface area contributed by atoms with Crippen molar-refractivity contribution in [2.75, 3.05) is 37.6 Å². The summed E-state index contributed by atoms with van der Waals surface area (Å²) in [7, 11) is 0. The molecule has 3 rings (SSSR count). The Hall–Kier alpha value is -2.44. The van der Waals surface area contributed by atoms with E-state index in [0.717, 1.165) is 32.4 Å². The van der Waals surface area contributed by atoms with Crippen LogP contribution in [0.3, 0.4) is 0 Å². The quantitative estimate of drug-likeness (QED) is 0.807. The Morgan fingerprint density at radius 3 is 2.56 bits per heavy atom. The first kappa shape index (κ1) is 17.4. The molecule has 0 spiro atoms. The summed E-state index contributed by atoms with van der Waals surface area (Å²) < 4.78 is 0. The molecule has 1 unspecified atom stereocenters. The Labute approximate surface area is 148 Å². The SMILES string of the molecule is O=C(NCCC(=O)N1CCN(c2ncccn2)CC1)C1CC=CCC1. The van der Waals surface area contributed by atoms with Crippen LogP contribution in [0.2, 0.25) is 0 Å². The molecule has 7 heteroatoms. The molecule has 2 heterocycles. The molecule has 2 aliphatic rings. The van der Waals surface area contributed by atoms with Gasteiger partial charge in [0.25, 0.3) is 0 Å². The summed E-state index contributed by atoms with van der Waals surface area (Å²) in [5, 5.41) is 2.91. The maximum Gasteiger partial charge on any atom is 0.225 e. The van der Waals surface area contributed by atoms with Gasteiger partial charge < -0.3 is 15.1 Å². The first-order chi connectivity index (χ1) is 12.2. The summed E-state index contributed by atoms with van der Waals surface area (Å²) >= 11 is 0. The number of nitrogens with zero attached hydrogens (tertiary/aromatic N) is 4. The third kappa shape index (κ3) is 4.78. The molecule has 2 amide bonds. The Kier molecular flexibility index (Phi) is 5.98. The molecule has 1 saturated heterocycles. The molecule has 134 valence electrons. The molecule has 1 N–H and O–H groups in total. The van der Waals surface area contributed by atoms with Crippen LogP contribution in [-0.2, 0) is 9.59 Å². The second-order valence-corrected chi connectivity index (χ2v) is 6.44. The fourth-order valence-electron chi connectivity index (χ4n) is 3.24. The van der Waals surface area contributed by atoms with E-state index in [1.807, 2.05) is 4.90 Å². The highest BCUT2D eigenvalue weighted by Crippen LogP contribution is 2.18. The lowest BCUT2D eigenvalue weighted by molar-refractivity contribution is -0.131. The number of piperazine rings is 1. The van der Waals surface area contributed by atoms with Gasteiger partial charge >= 0.3 is 0 Å². The largest absolute Gasteiger partial charge is 0.355 e. The predicted octanol–water partition coefficient (Wildman–Crippen LogP) is 0.988. The van der Waals surface area contributed by atoms with E-state index in [-0.39, 0.29) is 17.7 Å². The van der Waals surface area contributed by atoms with Gasteiger partial charge in [-0.1, -0.05) is 12.2 Å². The third-order valence-electron chi connectivity index (χ3n) is 4.75. The number of nitrogens with one attached hydrogen (secondary N) is 1. The van der Waals surface area contributed by atoms with E-state index in [4.69, 9.17) is 0 Å². The predicted molar refractivity (Wildman–Crippen MR) is 94.9 cm³/mol. The molecule has 25 heavy (non-hydrogen) atoms. The fraction of sp³-hybridized carbons (Fsp3) is 0.556. The molecule has 0 bridgehead atoms. The van der Waals surface area contributed by atoms with Crippen LogP contribution in [0.15, 0.2) is 30.6 Å². The normalized spacial score (nSPS) is 20.4. The molecule has 1 aliphatic carbocycles. The Morgan fingerprint density at radius 1 is 1.12 bits per heavy atom. The molecular formula is C18H25N5O2. The van der Waals surface area contributed by atoms with Crippen molar-refractivity contribution < 1.29 is 9.59 Å². The van der Waals surface area contributed by atoms with Crippen LogP contribution in [0.5, 0.6) is 0 Å². The number of rotatable bonds is 5. The molecule has 7 nitrogen and oxygen atoms in total. The monoisotopic (exact) mass is 343 g/mol. The lowest BCUT2D eigenvalue weighted by Crippen LogP contribution is -2.49. The average molecular weight is 343 g/mol. The van der Waals surface area contributed by atoms with Crippen molar-refractivity contribution in [3.63, 3.8) is 0 Å². The smallest absolute Gasteiger partial charge is 0.225 e. The summed E-state index contributed by atoms with van der Waals surface area (Å²) in [6, 6.07) is 1.79. The van der Waals surface area contributed by atoms with E-state index in [9.17, 15) is 9.59 Å². The van der Waals surface area contributed by atoms with E-state index < -0.39 is 0 Å². The van der Waals surface area contributed by atoms with Crippen LogP contribution < -0.4 is 10.2 Å². The molecular weight excluding hydrogens is 318 g/mol. The minimum Gasteiger partial charge on any atom is -0.355 e. The zero-order valence-electron chi connectivity index (χ0n) is 14.4. The van der Waals surface area contributed by atoms with Crippen LogP contribution >= 0.6 is 0 Å². The van der Waals surface area contributed by atoms with Crippen molar-refractivity contribution >= 4 is 17.8 Å². The zero-order chi connectivity index (χ0) is 17.5. The highest BCUT2D eigenvalue weighted by atomic mass is 16.2. The number of carbonyl (C=O) groups excluding carboxylic acids is 2. The molecule has 1 aromatic rings. The highest BCUT2D eigenvalue weighted by Gasteiger charge is 2.23. The molecule has 0 radical (unpaired) electrons. The van der Waals surface area contributed by atoms with E-state index >= 15 is 0 Å². The van der Waals surface area contributed by atoms with Gasteiger partial charge in [-0.15, -0.1) is 0 Å². The van der Waals surface area contributed by atoms with Crippen molar-refractivity contribution in [3.05, 3.63) is 30.6 Å². The maximum atomic E-state index is 12.3. The molecule has 1 fully saturated rings. The van der Waals surface area contributed by atoms with Gasteiger partial charge in [0.1, 0.15) is 0 Å². The summed E-state index contributed by atoms with van der Waals surface area (Å²) in [5.41, 5.74) is 0. The second-order valence-electron chi connectivity index (χ2n) is 6.44. The van der Waals surface area contributed by atoms with Crippen LogP contribution in [0.25, 0.3) is 0 Å². The number of hydrogen-bond acceptors (Lipinski definition) is 5. The summed E-state index contributed by atoms with van der Waals surface area (Å²) in [4.78, 5) is 36.8. The molecule has 1 aromatic heterocycles. The maximum absolute atomic E-state index is 12.3. The van der Waals surface area contributed by atoms with Gasteiger partial charge in [0.15, 0.2) is 0 Å². The van der Waals surface area contributed by atoms with Crippen molar-refractivity contribution in [1.29, 1.82) is 0 Å². The second kappa shape index (κ2) is 8.60. The van der Waals surface area contributed by atoms with Gasteiger partial charge in [-0.05, 0) is 25.3 Å². The number of carbonyl (C=O) groups is 2. The lowest BCUT2D eigenvalue weighted by Gasteiger charge is -2.34. The van der Waals surface area contributed by atoms with Crippen LogP contribution in [0, 0.1) is 5.92 Å². The van der Waals surface area contributed by atoms with Crippen LogP contribution in [-0.4, -0.2) is 59.4 Å². The van der Waals surface area contributed by atoms with Gasteiger partial charge in [-0.3, -0.25) is 9.59 Å². The molecule has 0 aromatic carbocycles.